The van der Waals surface area contributed by atoms with Crippen molar-refractivity contribution in [2.45, 2.75) is 71.2 Å². The number of pyridine rings is 1. The number of alkyl halides is 2. The lowest BCUT2D eigenvalue weighted by molar-refractivity contribution is -0.605. The van der Waals surface area contributed by atoms with Crippen LogP contribution in [0.25, 0.3) is 0 Å². The van der Waals surface area contributed by atoms with Crippen LogP contribution in [-0.4, -0.2) is 65.1 Å². The number of benzene rings is 2. The summed E-state index contributed by atoms with van der Waals surface area (Å²) >= 11 is 9.74. The highest BCUT2D eigenvalue weighted by Crippen LogP contribution is 2.38. The number of ether oxygens (including phenoxy) is 5. The first-order valence-corrected chi connectivity index (χ1v) is 19.4. The molecule has 14 nitrogen and oxygen atoms in total. The van der Waals surface area contributed by atoms with Crippen LogP contribution < -0.4 is 28.6 Å². The predicted molar refractivity (Wildman–Crippen MR) is 198 cm³/mol. The number of halogens is 4. The van der Waals surface area contributed by atoms with Gasteiger partial charge < -0.3 is 38.8 Å². The molecule has 56 heavy (non-hydrogen) atoms. The maximum absolute atomic E-state index is 13.3. The molecular weight excluding hydrogens is 803 g/mol. The zero-order chi connectivity index (χ0) is 40.7. The number of nitrogens with zero attached hydrogens (tertiary/aromatic N) is 2. The summed E-state index contributed by atoms with van der Waals surface area (Å²) in [6.07, 6.45) is 4.46. The number of nitrogens with one attached hydrogen (secondary N) is 1. The minimum Gasteiger partial charge on any atom is -0.755 e. The Morgan fingerprint density at radius 2 is 1.57 bits per heavy atom. The Labute approximate surface area is 334 Å². The normalized spacial score (nSPS) is 15.1. The zero-order valence-electron chi connectivity index (χ0n) is 30.6. The summed E-state index contributed by atoms with van der Waals surface area (Å²) in [6.45, 7) is 0.976. The molecule has 2 unspecified atom stereocenters. The molecule has 2 aromatic carbocycles. The molecule has 1 N–H and O–H groups in total. The SMILES string of the molecule is CC(C)(C)OC(=O)CN(c1ccc(C(=O)NCC(=O)OC(Cc2c(Cl)c[n+]([O-])cc2Cl)c2ccc(OC(F)F)c(OCC3CC3)c2)cc1OCC1CC1)S(=O)[O-]. The summed E-state index contributed by atoms with van der Waals surface area (Å²) in [5, 5.41) is 14.3. The quantitative estimate of drug-likeness (QED) is 0.0647. The van der Waals surface area contributed by atoms with Crippen molar-refractivity contribution in [1.82, 2.24) is 5.32 Å². The van der Waals surface area contributed by atoms with E-state index in [1.165, 1.54) is 36.4 Å². The smallest absolute Gasteiger partial charge is 0.387 e. The minimum absolute atomic E-state index is 0.00126. The maximum atomic E-state index is 13.3. The molecule has 2 aliphatic carbocycles. The molecule has 0 saturated heterocycles. The van der Waals surface area contributed by atoms with Crippen LogP contribution >= 0.6 is 23.2 Å². The van der Waals surface area contributed by atoms with Crippen LogP contribution in [0.5, 0.6) is 17.2 Å². The van der Waals surface area contributed by atoms with Crippen molar-refractivity contribution in [2.24, 2.45) is 11.8 Å². The van der Waals surface area contributed by atoms with Crippen LogP contribution in [0.1, 0.15) is 74.0 Å². The third-order valence-electron chi connectivity index (χ3n) is 8.38. The van der Waals surface area contributed by atoms with E-state index in [9.17, 15) is 37.1 Å². The van der Waals surface area contributed by atoms with Gasteiger partial charge in [-0.15, -0.1) is 0 Å². The standard InChI is InChI=1S/C37H41Cl2F2N3O11S/c1-37(2,3)55-34(46)18-44(56(49)50)28-10-8-24(13-31(28)51-19-21-4-5-21)35(47)42-15-33(45)53-30(14-25-26(38)16-43(48)17-27(25)39)23-9-11-29(54-36(40)41)32(12-23)52-20-22-6-7-22/h8-13,16-17,21-22,30,36H,4-7,14-15,18-20H2,1-3H3,(H,42,47)(H,49,50)/p-1. The molecule has 2 aliphatic rings. The van der Waals surface area contributed by atoms with Gasteiger partial charge in [0.2, 0.25) is 0 Å². The molecule has 2 atom stereocenters. The molecule has 5 rings (SSSR count). The summed E-state index contributed by atoms with van der Waals surface area (Å²) < 4.78 is 79.5. The van der Waals surface area contributed by atoms with Crippen molar-refractivity contribution in [2.75, 3.05) is 30.6 Å². The first-order chi connectivity index (χ1) is 26.4. The summed E-state index contributed by atoms with van der Waals surface area (Å²) in [5.74, 6) is -2.21. The molecule has 1 heterocycles. The molecule has 0 bridgehead atoms. The van der Waals surface area contributed by atoms with Crippen molar-refractivity contribution < 1.29 is 60.3 Å². The second kappa shape index (κ2) is 18.7. The van der Waals surface area contributed by atoms with Crippen LogP contribution in [0.2, 0.25) is 10.0 Å². The summed E-state index contributed by atoms with van der Waals surface area (Å²) in [7, 11) is 0. The third kappa shape index (κ3) is 12.8. The topological polar surface area (TPSA) is 180 Å². The summed E-state index contributed by atoms with van der Waals surface area (Å²) in [5.41, 5.74) is -0.349. The van der Waals surface area contributed by atoms with Crippen LogP contribution in [-0.2, 0) is 36.8 Å². The third-order valence-corrected chi connectivity index (χ3v) is 9.71. The average molecular weight is 844 g/mol. The molecule has 0 spiro atoms. The number of anilines is 1. The second-order valence-corrected chi connectivity index (χ2v) is 16.0. The lowest BCUT2D eigenvalue weighted by Crippen LogP contribution is -2.36. The number of hydrogen-bond acceptors (Lipinski definition) is 11. The zero-order valence-corrected chi connectivity index (χ0v) is 32.9. The van der Waals surface area contributed by atoms with Crippen LogP contribution in [0.15, 0.2) is 48.8 Å². The number of hydrogen-bond donors (Lipinski definition) is 1. The largest absolute Gasteiger partial charge is 0.755 e. The number of rotatable bonds is 19. The van der Waals surface area contributed by atoms with E-state index in [0.717, 1.165) is 42.4 Å². The molecule has 1 aromatic heterocycles. The lowest BCUT2D eigenvalue weighted by atomic mass is 10.0. The molecule has 19 heteroatoms. The average Bonchev–Trinajstić information content (AvgIpc) is 4.04. The fourth-order valence-corrected chi connectivity index (χ4v) is 6.42. The Morgan fingerprint density at radius 3 is 2.14 bits per heavy atom. The van der Waals surface area contributed by atoms with Gasteiger partial charge in [-0.3, -0.25) is 22.9 Å². The highest BCUT2D eigenvalue weighted by atomic mass is 35.5. The van der Waals surface area contributed by atoms with Crippen molar-refractivity contribution in [1.29, 1.82) is 0 Å². The number of amides is 1. The molecular formula is C37H40Cl2F2N3O11S-. The van der Waals surface area contributed by atoms with Gasteiger partial charge in [-0.1, -0.05) is 29.3 Å². The van der Waals surface area contributed by atoms with Gasteiger partial charge in [0.25, 0.3) is 5.91 Å². The van der Waals surface area contributed by atoms with E-state index < -0.39 is 60.5 Å². The molecule has 1 amide bonds. The molecule has 0 radical (unpaired) electrons. The van der Waals surface area contributed by atoms with Gasteiger partial charge in [-0.05, 0) is 94.2 Å². The van der Waals surface area contributed by atoms with Crippen molar-refractivity contribution >= 4 is 58.0 Å². The van der Waals surface area contributed by atoms with Crippen molar-refractivity contribution in [3.05, 3.63) is 80.7 Å². The number of esters is 2. The number of aromatic nitrogens is 1. The second-order valence-electron chi connectivity index (χ2n) is 14.3. The van der Waals surface area contributed by atoms with Gasteiger partial charge >= 0.3 is 18.6 Å². The predicted octanol–water partition coefficient (Wildman–Crippen LogP) is 6.01. The van der Waals surface area contributed by atoms with E-state index in [-0.39, 0.29) is 81.1 Å². The van der Waals surface area contributed by atoms with E-state index in [1.54, 1.807) is 20.8 Å². The monoisotopic (exact) mass is 842 g/mol. The molecule has 304 valence electrons. The van der Waals surface area contributed by atoms with E-state index >= 15 is 0 Å². The fourth-order valence-electron chi connectivity index (χ4n) is 5.30. The number of carbonyl (C=O) groups is 3. The van der Waals surface area contributed by atoms with E-state index in [4.69, 9.17) is 42.1 Å². The van der Waals surface area contributed by atoms with Gasteiger partial charge in [0.1, 0.15) is 40.6 Å². The Hall–Kier alpha value is -4.45. The first-order valence-electron chi connectivity index (χ1n) is 17.6. The molecule has 2 fully saturated rings. The molecule has 3 aromatic rings. The highest BCUT2D eigenvalue weighted by Gasteiger charge is 2.28. The van der Waals surface area contributed by atoms with Gasteiger partial charge in [0, 0.05) is 28.8 Å². The van der Waals surface area contributed by atoms with Gasteiger partial charge in [0.15, 0.2) is 23.9 Å². The maximum Gasteiger partial charge on any atom is 0.387 e. The Balaban J connectivity index is 1.34. The van der Waals surface area contributed by atoms with E-state index in [0.29, 0.717) is 4.73 Å². The van der Waals surface area contributed by atoms with Crippen molar-refractivity contribution in [3.8, 4) is 17.2 Å². The van der Waals surface area contributed by atoms with Crippen LogP contribution in [0.3, 0.4) is 0 Å². The fraction of sp³-hybridized carbons (Fsp3) is 0.459. The lowest BCUT2D eigenvalue weighted by Gasteiger charge is -2.29. The Kier molecular flexibility index (Phi) is 14.2. The Morgan fingerprint density at radius 1 is 0.946 bits per heavy atom. The summed E-state index contributed by atoms with van der Waals surface area (Å²) in [6, 6.07) is 7.92. The first kappa shape index (κ1) is 42.7. The summed E-state index contributed by atoms with van der Waals surface area (Å²) in [4.78, 5) is 39.2. The minimum atomic E-state index is -3.13. The van der Waals surface area contributed by atoms with Crippen LogP contribution in [0, 0.1) is 17.0 Å². The highest BCUT2D eigenvalue weighted by molar-refractivity contribution is 7.80. The van der Waals surface area contributed by atoms with E-state index in [1.807, 2.05) is 0 Å². The van der Waals surface area contributed by atoms with E-state index in [2.05, 4.69) is 10.1 Å². The van der Waals surface area contributed by atoms with Gasteiger partial charge in [0.05, 0.1) is 18.9 Å². The molecule has 2 saturated carbocycles. The van der Waals surface area contributed by atoms with Gasteiger partial charge in [-0.2, -0.15) is 13.5 Å². The van der Waals surface area contributed by atoms with Crippen molar-refractivity contribution in [3.63, 3.8) is 0 Å². The molecule has 0 aliphatic heterocycles. The van der Waals surface area contributed by atoms with Gasteiger partial charge in [-0.25, -0.2) is 0 Å². The number of carbonyl (C=O) groups excluding carboxylic acids is 3. The van der Waals surface area contributed by atoms with Crippen LogP contribution in [0.4, 0.5) is 14.5 Å². The Bertz CT molecular complexity index is 1920.